The number of aromatic nitrogens is 1. The van der Waals surface area contributed by atoms with Crippen LogP contribution in [0, 0.1) is 27.7 Å². The minimum atomic E-state index is 0.649. The van der Waals surface area contributed by atoms with Crippen molar-refractivity contribution >= 4 is 0 Å². The van der Waals surface area contributed by atoms with E-state index < -0.39 is 0 Å². The highest BCUT2D eigenvalue weighted by molar-refractivity contribution is 5.43. The number of nitrogens with one attached hydrogen (secondary N) is 1. The smallest absolute Gasteiger partial charge is 0.219 e. The van der Waals surface area contributed by atoms with Gasteiger partial charge in [0.15, 0.2) is 0 Å². The van der Waals surface area contributed by atoms with Crippen molar-refractivity contribution in [1.29, 1.82) is 0 Å². The van der Waals surface area contributed by atoms with Crippen LogP contribution in [-0.2, 0) is 6.54 Å². The van der Waals surface area contributed by atoms with Crippen molar-refractivity contribution in [2.75, 3.05) is 7.05 Å². The predicted molar refractivity (Wildman–Crippen MR) is 82.5 cm³/mol. The van der Waals surface area contributed by atoms with E-state index in [0.29, 0.717) is 5.88 Å². The first-order chi connectivity index (χ1) is 9.51. The number of aryl methyl sites for hydroxylation is 3. The summed E-state index contributed by atoms with van der Waals surface area (Å²) in [6.07, 6.45) is 0. The van der Waals surface area contributed by atoms with Crippen LogP contribution in [0.5, 0.6) is 11.6 Å². The Labute approximate surface area is 121 Å². The van der Waals surface area contributed by atoms with Crippen LogP contribution < -0.4 is 10.1 Å². The SMILES string of the molecule is CNCc1ccc(Oc2cc(C)cc(C)c2C)nc1C. The van der Waals surface area contributed by atoms with Gasteiger partial charge in [-0.1, -0.05) is 12.1 Å². The molecule has 0 bridgehead atoms. The molecule has 2 rings (SSSR count). The van der Waals surface area contributed by atoms with Gasteiger partial charge in [0.1, 0.15) is 5.75 Å². The monoisotopic (exact) mass is 270 g/mol. The maximum Gasteiger partial charge on any atom is 0.219 e. The normalized spacial score (nSPS) is 10.7. The fraction of sp³-hybridized carbons (Fsp3) is 0.353. The molecule has 0 aliphatic rings. The molecule has 1 aromatic heterocycles. The van der Waals surface area contributed by atoms with E-state index in [1.165, 1.54) is 16.7 Å². The zero-order chi connectivity index (χ0) is 14.7. The molecule has 0 radical (unpaired) electrons. The Balaban J connectivity index is 2.29. The van der Waals surface area contributed by atoms with Crippen LogP contribution in [0.25, 0.3) is 0 Å². The molecule has 20 heavy (non-hydrogen) atoms. The van der Waals surface area contributed by atoms with Crippen LogP contribution >= 0.6 is 0 Å². The summed E-state index contributed by atoms with van der Waals surface area (Å²) in [5.74, 6) is 1.53. The molecule has 0 amide bonds. The fourth-order valence-corrected chi connectivity index (χ4v) is 2.22. The highest BCUT2D eigenvalue weighted by atomic mass is 16.5. The van der Waals surface area contributed by atoms with Crippen LogP contribution in [-0.4, -0.2) is 12.0 Å². The molecule has 0 unspecified atom stereocenters. The first-order valence-electron chi connectivity index (χ1n) is 6.88. The first-order valence-corrected chi connectivity index (χ1v) is 6.88. The van der Waals surface area contributed by atoms with Crippen molar-refractivity contribution in [3.05, 3.63) is 52.2 Å². The van der Waals surface area contributed by atoms with Gasteiger partial charge in [-0.2, -0.15) is 0 Å². The van der Waals surface area contributed by atoms with Gasteiger partial charge in [0, 0.05) is 18.3 Å². The molecule has 1 N–H and O–H groups in total. The second-order valence-corrected chi connectivity index (χ2v) is 5.23. The Morgan fingerprint density at radius 3 is 2.50 bits per heavy atom. The molecule has 0 aliphatic heterocycles. The largest absolute Gasteiger partial charge is 0.439 e. The van der Waals surface area contributed by atoms with Crippen LogP contribution in [0.3, 0.4) is 0 Å². The molecule has 0 fully saturated rings. The van der Waals surface area contributed by atoms with Gasteiger partial charge in [0.2, 0.25) is 5.88 Å². The zero-order valence-electron chi connectivity index (χ0n) is 12.9. The van der Waals surface area contributed by atoms with E-state index in [2.05, 4.69) is 49.3 Å². The van der Waals surface area contributed by atoms with Crippen molar-refractivity contribution in [3.63, 3.8) is 0 Å². The molecular weight excluding hydrogens is 248 g/mol. The number of hydrogen-bond acceptors (Lipinski definition) is 3. The van der Waals surface area contributed by atoms with Crippen LogP contribution in [0.2, 0.25) is 0 Å². The van der Waals surface area contributed by atoms with Gasteiger partial charge in [-0.3, -0.25) is 0 Å². The first kappa shape index (κ1) is 14.5. The number of nitrogens with zero attached hydrogens (tertiary/aromatic N) is 1. The second-order valence-electron chi connectivity index (χ2n) is 5.23. The van der Waals surface area contributed by atoms with Crippen molar-refractivity contribution in [2.45, 2.75) is 34.2 Å². The molecule has 0 saturated carbocycles. The van der Waals surface area contributed by atoms with Crippen molar-refractivity contribution < 1.29 is 4.74 Å². The minimum Gasteiger partial charge on any atom is -0.439 e. The molecule has 0 aliphatic carbocycles. The van der Waals surface area contributed by atoms with Gasteiger partial charge in [-0.15, -0.1) is 0 Å². The zero-order valence-corrected chi connectivity index (χ0v) is 12.9. The predicted octanol–water partition coefficient (Wildman–Crippen LogP) is 3.83. The van der Waals surface area contributed by atoms with Gasteiger partial charge in [-0.25, -0.2) is 4.98 Å². The van der Waals surface area contributed by atoms with E-state index in [4.69, 9.17) is 4.74 Å². The number of benzene rings is 1. The summed E-state index contributed by atoms with van der Waals surface area (Å²) >= 11 is 0. The Bertz CT molecular complexity index is 621. The van der Waals surface area contributed by atoms with Crippen LogP contribution in [0.15, 0.2) is 24.3 Å². The molecule has 106 valence electrons. The molecule has 0 saturated heterocycles. The third-order valence-electron chi connectivity index (χ3n) is 3.52. The van der Waals surface area contributed by atoms with Crippen LogP contribution in [0.1, 0.15) is 27.9 Å². The Kier molecular flexibility index (Phi) is 4.40. The summed E-state index contributed by atoms with van der Waals surface area (Å²) in [6.45, 7) is 9.08. The van der Waals surface area contributed by atoms with Gasteiger partial charge < -0.3 is 10.1 Å². The van der Waals surface area contributed by atoms with E-state index in [1.54, 1.807) is 0 Å². The third-order valence-corrected chi connectivity index (χ3v) is 3.52. The topological polar surface area (TPSA) is 34.1 Å². The van der Waals surface area contributed by atoms with E-state index in [1.807, 2.05) is 20.0 Å². The quantitative estimate of drug-likeness (QED) is 0.917. The second kappa shape index (κ2) is 6.06. The molecule has 3 nitrogen and oxygen atoms in total. The third kappa shape index (κ3) is 3.17. The van der Waals surface area contributed by atoms with Crippen molar-refractivity contribution in [1.82, 2.24) is 10.3 Å². The Hall–Kier alpha value is -1.87. The van der Waals surface area contributed by atoms with Crippen molar-refractivity contribution in [3.8, 4) is 11.6 Å². The Morgan fingerprint density at radius 2 is 1.85 bits per heavy atom. The van der Waals surface area contributed by atoms with E-state index in [9.17, 15) is 0 Å². The van der Waals surface area contributed by atoms with Crippen LogP contribution in [0.4, 0.5) is 0 Å². The van der Waals surface area contributed by atoms with Gasteiger partial charge in [-0.05, 0) is 63.1 Å². The Morgan fingerprint density at radius 1 is 1.10 bits per heavy atom. The van der Waals surface area contributed by atoms with E-state index in [0.717, 1.165) is 23.6 Å². The fourth-order valence-electron chi connectivity index (χ4n) is 2.22. The molecule has 2 aromatic rings. The average Bonchev–Trinajstić information content (AvgIpc) is 2.39. The highest BCUT2D eigenvalue weighted by Gasteiger charge is 2.07. The average molecular weight is 270 g/mol. The van der Waals surface area contributed by atoms with Gasteiger partial charge in [0.05, 0.1) is 0 Å². The molecular formula is C17H22N2O. The molecule has 1 heterocycles. The standard InChI is InChI=1S/C17H22N2O/c1-11-8-12(2)13(3)16(9-11)20-17-7-6-15(10-18-5)14(4)19-17/h6-9,18H,10H2,1-5H3. The summed E-state index contributed by atoms with van der Waals surface area (Å²) in [4.78, 5) is 4.53. The lowest BCUT2D eigenvalue weighted by atomic mass is 10.1. The van der Waals surface area contributed by atoms with Gasteiger partial charge >= 0.3 is 0 Å². The number of ether oxygens (including phenoxy) is 1. The highest BCUT2D eigenvalue weighted by Crippen LogP contribution is 2.28. The summed E-state index contributed by atoms with van der Waals surface area (Å²) in [6, 6.07) is 8.21. The summed E-state index contributed by atoms with van der Waals surface area (Å²) < 4.78 is 5.95. The summed E-state index contributed by atoms with van der Waals surface area (Å²) in [7, 11) is 1.93. The lowest BCUT2D eigenvalue weighted by Gasteiger charge is -2.13. The number of hydrogen-bond donors (Lipinski definition) is 1. The number of pyridine rings is 1. The van der Waals surface area contributed by atoms with E-state index >= 15 is 0 Å². The number of rotatable bonds is 4. The van der Waals surface area contributed by atoms with Crippen molar-refractivity contribution in [2.24, 2.45) is 0 Å². The van der Waals surface area contributed by atoms with Gasteiger partial charge in [0.25, 0.3) is 0 Å². The molecule has 0 atom stereocenters. The minimum absolute atomic E-state index is 0.649. The lowest BCUT2D eigenvalue weighted by molar-refractivity contribution is 0.456. The summed E-state index contributed by atoms with van der Waals surface area (Å²) in [5, 5.41) is 3.14. The maximum absolute atomic E-state index is 5.95. The molecule has 3 heteroatoms. The summed E-state index contributed by atoms with van der Waals surface area (Å²) in [5.41, 5.74) is 5.79. The molecule has 0 spiro atoms. The molecule has 1 aromatic carbocycles. The lowest BCUT2D eigenvalue weighted by Crippen LogP contribution is -2.07. The maximum atomic E-state index is 5.95. The van der Waals surface area contributed by atoms with E-state index in [-0.39, 0.29) is 0 Å².